The van der Waals surface area contributed by atoms with Crippen molar-refractivity contribution < 1.29 is 4.79 Å². The van der Waals surface area contributed by atoms with Crippen LogP contribution in [0.4, 0.5) is 11.4 Å². The number of anilines is 1. The van der Waals surface area contributed by atoms with E-state index in [1.165, 1.54) is 0 Å². The highest BCUT2D eigenvalue weighted by Gasteiger charge is 2.30. The summed E-state index contributed by atoms with van der Waals surface area (Å²) in [6, 6.07) is 15.0. The fourth-order valence-corrected chi connectivity index (χ4v) is 3.10. The van der Waals surface area contributed by atoms with Gasteiger partial charge < -0.3 is 10.6 Å². The van der Waals surface area contributed by atoms with Crippen molar-refractivity contribution in [3.05, 3.63) is 70.4 Å². The molecule has 1 amide bonds. The van der Waals surface area contributed by atoms with E-state index < -0.39 is 0 Å². The average Bonchev–Trinajstić information content (AvgIpc) is 2.56. The Morgan fingerprint density at radius 1 is 1.20 bits per heavy atom. The van der Waals surface area contributed by atoms with Crippen LogP contribution in [0.1, 0.15) is 18.9 Å². The molecule has 0 spiro atoms. The van der Waals surface area contributed by atoms with Gasteiger partial charge in [0.1, 0.15) is 5.71 Å². The lowest BCUT2D eigenvalue weighted by Crippen LogP contribution is -2.43. The Balaban J connectivity index is 2.05. The van der Waals surface area contributed by atoms with Crippen LogP contribution in [-0.2, 0) is 4.79 Å². The Bertz CT molecular complexity index is 882. The number of aryl methyl sites for hydroxylation is 1. The molecule has 0 bridgehead atoms. The van der Waals surface area contributed by atoms with Crippen molar-refractivity contribution in [1.82, 2.24) is 0 Å². The molecule has 0 aromatic heterocycles. The number of aliphatic imine (C=N–C) groups is 1. The molecule has 1 heterocycles. The van der Waals surface area contributed by atoms with Gasteiger partial charge in [-0.05, 0) is 56.2 Å². The second-order valence-corrected chi connectivity index (χ2v) is 6.58. The molecule has 1 fully saturated rings. The monoisotopic (exact) mass is 353 g/mol. The zero-order chi connectivity index (χ0) is 18.0. The van der Waals surface area contributed by atoms with Gasteiger partial charge in [-0.3, -0.25) is 4.79 Å². The van der Waals surface area contributed by atoms with E-state index in [1.54, 1.807) is 24.0 Å². The summed E-state index contributed by atoms with van der Waals surface area (Å²) < 4.78 is 0. The Morgan fingerprint density at radius 3 is 2.64 bits per heavy atom. The minimum atomic E-state index is -0.142. The molecule has 25 heavy (non-hydrogen) atoms. The molecule has 4 nitrogen and oxygen atoms in total. The minimum Gasteiger partial charge on any atom is -0.402 e. The lowest BCUT2D eigenvalue weighted by Gasteiger charge is -2.30. The zero-order valence-corrected chi connectivity index (χ0v) is 15.0. The van der Waals surface area contributed by atoms with Gasteiger partial charge in [-0.2, -0.15) is 0 Å². The number of benzene rings is 2. The molecule has 1 aliphatic rings. The van der Waals surface area contributed by atoms with Crippen LogP contribution in [-0.4, -0.2) is 18.2 Å². The Morgan fingerprint density at radius 2 is 1.96 bits per heavy atom. The van der Waals surface area contributed by atoms with E-state index in [0.717, 1.165) is 16.8 Å². The van der Waals surface area contributed by atoms with Crippen LogP contribution in [0.5, 0.6) is 0 Å². The highest BCUT2D eigenvalue weighted by molar-refractivity contribution is 6.50. The Hall–Kier alpha value is -2.59. The van der Waals surface area contributed by atoms with Crippen LogP contribution < -0.4 is 10.6 Å². The van der Waals surface area contributed by atoms with Crippen molar-refractivity contribution in [3.8, 4) is 0 Å². The van der Waals surface area contributed by atoms with Crippen LogP contribution >= 0.6 is 11.6 Å². The van der Waals surface area contributed by atoms with Gasteiger partial charge in [-0.1, -0.05) is 29.8 Å². The number of piperidine rings is 1. The Labute approximate surface area is 152 Å². The summed E-state index contributed by atoms with van der Waals surface area (Å²) in [5, 5.41) is 0.579. The molecule has 0 saturated carbocycles. The fourth-order valence-electron chi connectivity index (χ4n) is 2.92. The molecule has 0 atom stereocenters. The van der Waals surface area contributed by atoms with Gasteiger partial charge >= 0.3 is 0 Å². The zero-order valence-electron chi connectivity index (χ0n) is 14.3. The number of hydrogen-bond acceptors (Lipinski definition) is 3. The van der Waals surface area contributed by atoms with Gasteiger partial charge in [0.2, 0.25) is 0 Å². The number of halogens is 1. The first-order chi connectivity index (χ1) is 12.0. The van der Waals surface area contributed by atoms with Crippen molar-refractivity contribution >= 4 is 34.6 Å². The van der Waals surface area contributed by atoms with E-state index in [-0.39, 0.29) is 5.91 Å². The molecule has 0 radical (unpaired) electrons. The number of carbonyl (C=O) groups excluding carboxylic acids is 1. The maximum atomic E-state index is 13.1. The summed E-state index contributed by atoms with van der Waals surface area (Å²) in [7, 11) is 0. The first-order valence-electron chi connectivity index (χ1n) is 8.14. The molecule has 128 valence electrons. The van der Waals surface area contributed by atoms with E-state index in [9.17, 15) is 4.79 Å². The SMILES string of the molecule is C/C(N)=C1\CCN(c2cccc(C)c2)C(=O)C1=Nc1cccc(Cl)c1. The number of nitrogens with zero attached hydrogens (tertiary/aromatic N) is 2. The van der Waals surface area contributed by atoms with Crippen LogP contribution in [0.3, 0.4) is 0 Å². The van der Waals surface area contributed by atoms with E-state index in [2.05, 4.69) is 4.99 Å². The van der Waals surface area contributed by atoms with Crippen LogP contribution in [0.15, 0.2) is 64.8 Å². The summed E-state index contributed by atoms with van der Waals surface area (Å²) in [5.41, 5.74) is 10.4. The second-order valence-electron chi connectivity index (χ2n) is 6.15. The lowest BCUT2D eigenvalue weighted by atomic mass is 9.98. The third-order valence-electron chi connectivity index (χ3n) is 4.16. The Kier molecular flexibility index (Phi) is 4.91. The molecule has 2 N–H and O–H groups in total. The second kappa shape index (κ2) is 7.11. The smallest absolute Gasteiger partial charge is 0.277 e. The molecule has 0 unspecified atom stereocenters. The third kappa shape index (κ3) is 3.74. The topological polar surface area (TPSA) is 58.7 Å². The fraction of sp³-hybridized carbons (Fsp3) is 0.200. The third-order valence-corrected chi connectivity index (χ3v) is 4.39. The van der Waals surface area contributed by atoms with Gasteiger partial charge in [-0.15, -0.1) is 0 Å². The first kappa shape index (κ1) is 17.2. The van der Waals surface area contributed by atoms with E-state index in [1.807, 2.05) is 43.3 Å². The van der Waals surface area contributed by atoms with Gasteiger partial charge in [0, 0.05) is 28.5 Å². The summed E-state index contributed by atoms with van der Waals surface area (Å²) >= 11 is 6.04. The average molecular weight is 354 g/mol. The van der Waals surface area contributed by atoms with Crippen molar-refractivity contribution in [2.75, 3.05) is 11.4 Å². The number of rotatable bonds is 2. The van der Waals surface area contributed by atoms with Crippen molar-refractivity contribution in [2.45, 2.75) is 20.3 Å². The summed E-state index contributed by atoms with van der Waals surface area (Å²) in [5.74, 6) is -0.142. The number of allylic oxidation sites excluding steroid dienone is 1. The van der Waals surface area contributed by atoms with Gasteiger partial charge in [0.15, 0.2) is 0 Å². The maximum Gasteiger partial charge on any atom is 0.277 e. The van der Waals surface area contributed by atoms with Crippen LogP contribution in [0, 0.1) is 6.92 Å². The molecular weight excluding hydrogens is 334 g/mol. The molecule has 5 heteroatoms. The summed E-state index contributed by atoms with van der Waals surface area (Å²) in [4.78, 5) is 19.4. The molecule has 3 rings (SSSR count). The summed E-state index contributed by atoms with van der Waals surface area (Å²) in [6.45, 7) is 4.40. The molecular formula is C20H20ClN3O. The predicted molar refractivity (Wildman–Crippen MR) is 104 cm³/mol. The normalized spacial score (nSPS) is 18.6. The maximum absolute atomic E-state index is 13.1. The number of amides is 1. The highest BCUT2D eigenvalue weighted by Crippen LogP contribution is 2.27. The number of carbonyl (C=O) groups is 1. The van der Waals surface area contributed by atoms with Crippen molar-refractivity contribution in [2.24, 2.45) is 10.7 Å². The summed E-state index contributed by atoms with van der Waals surface area (Å²) in [6.07, 6.45) is 0.668. The van der Waals surface area contributed by atoms with Crippen LogP contribution in [0.25, 0.3) is 0 Å². The standard InChI is InChI=1S/C20H20ClN3O/c1-13-5-3-8-17(11-13)24-10-9-18(14(2)22)19(20(24)25)23-16-7-4-6-15(21)12-16/h3-8,11-12H,9-10,22H2,1-2H3/b18-14-,23-19?. The van der Waals surface area contributed by atoms with E-state index in [0.29, 0.717) is 35.1 Å². The van der Waals surface area contributed by atoms with Gasteiger partial charge in [0.05, 0.1) is 5.69 Å². The molecule has 2 aromatic rings. The largest absolute Gasteiger partial charge is 0.402 e. The van der Waals surface area contributed by atoms with E-state index >= 15 is 0 Å². The molecule has 2 aromatic carbocycles. The lowest BCUT2D eigenvalue weighted by molar-refractivity contribution is -0.112. The minimum absolute atomic E-state index is 0.142. The van der Waals surface area contributed by atoms with Gasteiger partial charge in [0.25, 0.3) is 5.91 Å². The number of hydrogen-bond donors (Lipinski definition) is 1. The highest BCUT2D eigenvalue weighted by atomic mass is 35.5. The van der Waals surface area contributed by atoms with Crippen LogP contribution in [0.2, 0.25) is 5.02 Å². The molecule has 1 saturated heterocycles. The number of nitrogens with two attached hydrogens (primary N) is 1. The van der Waals surface area contributed by atoms with E-state index in [4.69, 9.17) is 17.3 Å². The van der Waals surface area contributed by atoms with Crippen molar-refractivity contribution in [1.29, 1.82) is 0 Å². The molecule has 1 aliphatic heterocycles. The quantitative estimate of drug-likeness (QED) is 0.870. The predicted octanol–water partition coefficient (Wildman–Crippen LogP) is 4.39. The first-order valence-corrected chi connectivity index (χ1v) is 8.52. The molecule has 0 aliphatic carbocycles. The van der Waals surface area contributed by atoms with Crippen molar-refractivity contribution in [3.63, 3.8) is 0 Å². The van der Waals surface area contributed by atoms with Gasteiger partial charge in [-0.25, -0.2) is 4.99 Å².